The Balaban J connectivity index is 2.70. The smallest absolute Gasteiger partial charge is 0.318 e. The Labute approximate surface area is 131 Å². The molecule has 0 radical (unpaired) electrons. The first-order chi connectivity index (χ1) is 9.93. The van der Waals surface area contributed by atoms with E-state index in [0.29, 0.717) is 42.3 Å². The number of hydrogen-bond donors (Lipinski definition) is 0. The topological polar surface area (TPSA) is 65.2 Å². The molecule has 120 valence electrons. The minimum Gasteiger partial charge on any atom is -0.465 e. The lowest BCUT2D eigenvalue weighted by atomic mass is 9.97. The maximum atomic E-state index is 12.0. The highest BCUT2D eigenvalue weighted by molar-refractivity contribution is 7.98. The van der Waals surface area contributed by atoms with Crippen molar-refractivity contribution in [1.29, 1.82) is 0 Å². The molecule has 1 atom stereocenters. The number of rotatable bonds is 9. The number of carbonyl (C=O) groups is 1. The summed E-state index contributed by atoms with van der Waals surface area (Å²) in [7, 11) is 0. The van der Waals surface area contributed by atoms with Gasteiger partial charge in [0.05, 0.1) is 12.4 Å². The fourth-order valence-corrected chi connectivity index (χ4v) is 2.75. The standard InChI is InChI=1S/C15H26N2O3S/c1-6-19-15(18)12(7-10(2)3)14-16-13(17-20-14)9-21-8-11(4)5/h10-12H,6-9H2,1-5H3. The molecule has 1 aromatic heterocycles. The summed E-state index contributed by atoms with van der Waals surface area (Å²) in [6.07, 6.45) is 0.652. The van der Waals surface area contributed by atoms with Crippen LogP contribution < -0.4 is 0 Å². The second-order valence-corrected chi connectivity index (χ2v) is 6.92. The molecule has 0 aliphatic heterocycles. The molecule has 1 heterocycles. The van der Waals surface area contributed by atoms with E-state index in [1.54, 1.807) is 18.7 Å². The van der Waals surface area contributed by atoms with Gasteiger partial charge in [0.15, 0.2) is 5.82 Å². The summed E-state index contributed by atoms with van der Waals surface area (Å²) in [5, 5.41) is 3.97. The van der Waals surface area contributed by atoms with Crippen LogP contribution in [0.1, 0.15) is 58.7 Å². The number of esters is 1. The van der Waals surface area contributed by atoms with E-state index in [0.717, 1.165) is 5.75 Å². The van der Waals surface area contributed by atoms with Crippen molar-refractivity contribution in [3.63, 3.8) is 0 Å². The summed E-state index contributed by atoms with van der Waals surface area (Å²) in [5.74, 6) is 3.03. The molecule has 0 fully saturated rings. The summed E-state index contributed by atoms with van der Waals surface area (Å²) < 4.78 is 10.4. The van der Waals surface area contributed by atoms with Gasteiger partial charge in [-0.25, -0.2) is 0 Å². The Morgan fingerprint density at radius 3 is 2.57 bits per heavy atom. The fraction of sp³-hybridized carbons (Fsp3) is 0.800. The third-order valence-electron chi connectivity index (χ3n) is 2.74. The summed E-state index contributed by atoms with van der Waals surface area (Å²) >= 11 is 1.77. The van der Waals surface area contributed by atoms with Crippen molar-refractivity contribution in [3.05, 3.63) is 11.7 Å². The molecule has 0 N–H and O–H groups in total. The largest absolute Gasteiger partial charge is 0.465 e. The average Bonchev–Trinajstić information content (AvgIpc) is 2.84. The van der Waals surface area contributed by atoms with Gasteiger partial charge in [0.25, 0.3) is 0 Å². The summed E-state index contributed by atoms with van der Waals surface area (Å²) in [4.78, 5) is 16.4. The number of hydrogen-bond acceptors (Lipinski definition) is 6. The van der Waals surface area contributed by atoms with Gasteiger partial charge in [0.1, 0.15) is 5.92 Å². The Hall–Kier alpha value is -1.04. The average molecular weight is 314 g/mol. The fourth-order valence-electron chi connectivity index (χ4n) is 1.87. The Kier molecular flexibility index (Phi) is 7.78. The third-order valence-corrected chi connectivity index (χ3v) is 4.11. The molecule has 0 saturated carbocycles. The zero-order valence-electron chi connectivity index (χ0n) is 13.6. The van der Waals surface area contributed by atoms with Crippen LogP contribution in [0, 0.1) is 11.8 Å². The molecule has 0 bridgehead atoms. The normalized spacial score (nSPS) is 12.9. The van der Waals surface area contributed by atoms with Gasteiger partial charge in [-0.15, -0.1) is 0 Å². The molecular weight excluding hydrogens is 288 g/mol. The summed E-state index contributed by atoms with van der Waals surface area (Å²) in [5.41, 5.74) is 0. The van der Waals surface area contributed by atoms with Gasteiger partial charge in [-0.3, -0.25) is 4.79 Å². The molecule has 0 amide bonds. The Morgan fingerprint density at radius 2 is 2.00 bits per heavy atom. The van der Waals surface area contributed by atoms with Crippen molar-refractivity contribution >= 4 is 17.7 Å². The molecule has 6 heteroatoms. The van der Waals surface area contributed by atoms with Crippen LogP contribution in [0.25, 0.3) is 0 Å². The van der Waals surface area contributed by atoms with Crippen LogP contribution in [-0.4, -0.2) is 28.5 Å². The van der Waals surface area contributed by atoms with E-state index < -0.39 is 5.92 Å². The highest BCUT2D eigenvalue weighted by atomic mass is 32.2. The molecule has 0 saturated heterocycles. The van der Waals surface area contributed by atoms with Gasteiger partial charge in [-0.1, -0.05) is 32.9 Å². The molecule has 5 nitrogen and oxygen atoms in total. The maximum absolute atomic E-state index is 12.0. The van der Waals surface area contributed by atoms with Crippen molar-refractivity contribution in [2.45, 2.75) is 52.7 Å². The van der Waals surface area contributed by atoms with Crippen LogP contribution in [0.3, 0.4) is 0 Å². The molecule has 1 unspecified atom stereocenters. The number of aromatic nitrogens is 2. The molecule has 0 aliphatic carbocycles. The van der Waals surface area contributed by atoms with Crippen LogP contribution in [0.5, 0.6) is 0 Å². The van der Waals surface area contributed by atoms with E-state index in [9.17, 15) is 4.79 Å². The second kappa shape index (κ2) is 9.07. The van der Waals surface area contributed by atoms with Crippen LogP contribution in [0.15, 0.2) is 4.52 Å². The minimum atomic E-state index is -0.457. The number of ether oxygens (including phenoxy) is 1. The number of thioether (sulfide) groups is 1. The number of nitrogens with zero attached hydrogens (tertiary/aromatic N) is 2. The first-order valence-electron chi connectivity index (χ1n) is 7.50. The zero-order valence-corrected chi connectivity index (χ0v) is 14.4. The molecule has 0 spiro atoms. The molecule has 0 aromatic carbocycles. The van der Waals surface area contributed by atoms with E-state index in [1.165, 1.54) is 0 Å². The first-order valence-corrected chi connectivity index (χ1v) is 8.66. The van der Waals surface area contributed by atoms with Gasteiger partial charge in [0, 0.05) is 0 Å². The van der Waals surface area contributed by atoms with Gasteiger partial charge >= 0.3 is 5.97 Å². The lowest BCUT2D eigenvalue weighted by molar-refractivity contribution is -0.146. The molecule has 1 rings (SSSR count). The SMILES string of the molecule is CCOC(=O)C(CC(C)C)c1nc(CSCC(C)C)no1. The van der Waals surface area contributed by atoms with Crippen LogP contribution >= 0.6 is 11.8 Å². The summed E-state index contributed by atoms with van der Waals surface area (Å²) in [6, 6.07) is 0. The van der Waals surface area contributed by atoms with Crippen LogP contribution in [0.2, 0.25) is 0 Å². The first kappa shape index (κ1) is 18.0. The Bertz CT molecular complexity index is 432. The van der Waals surface area contributed by atoms with Crippen LogP contribution in [-0.2, 0) is 15.3 Å². The maximum Gasteiger partial charge on any atom is 0.318 e. The summed E-state index contributed by atoms with van der Waals surface area (Å²) in [6.45, 7) is 10.6. The van der Waals surface area contributed by atoms with E-state index in [1.807, 2.05) is 0 Å². The predicted molar refractivity (Wildman–Crippen MR) is 84.1 cm³/mol. The highest BCUT2D eigenvalue weighted by Gasteiger charge is 2.28. The van der Waals surface area contributed by atoms with E-state index >= 15 is 0 Å². The zero-order chi connectivity index (χ0) is 15.8. The van der Waals surface area contributed by atoms with Gasteiger partial charge in [-0.2, -0.15) is 16.7 Å². The lowest BCUT2D eigenvalue weighted by Gasteiger charge is -2.13. The quantitative estimate of drug-likeness (QED) is 0.648. The van der Waals surface area contributed by atoms with Crippen molar-refractivity contribution in [2.24, 2.45) is 11.8 Å². The number of carbonyl (C=O) groups excluding carboxylic acids is 1. The van der Waals surface area contributed by atoms with Crippen molar-refractivity contribution < 1.29 is 14.1 Å². The predicted octanol–water partition coefficient (Wildman–Crippen LogP) is 3.65. The molecule has 1 aromatic rings. The van der Waals surface area contributed by atoms with E-state index in [2.05, 4.69) is 37.8 Å². The third kappa shape index (κ3) is 6.50. The van der Waals surface area contributed by atoms with Gasteiger partial charge in [-0.05, 0) is 30.9 Å². The molecular formula is C15H26N2O3S. The molecule has 21 heavy (non-hydrogen) atoms. The van der Waals surface area contributed by atoms with Gasteiger partial charge < -0.3 is 9.26 Å². The van der Waals surface area contributed by atoms with E-state index in [4.69, 9.17) is 9.26 Å². The van der Waals surface area contributed by atoms with Crippen LogP contribution in [0.4, 0.5) is 0 Å². The second-order valence-electron chi connectivity index (χ2n) is 5.89. The van der Waals surface area contributed by atoms with Crippen molar-refractivity contribution in [1.82, 2.24) is 10.1 Å². The highest BCUT2D eigenvalue weighted by Crippen LogP contribution is 2.25. The minimum absolute atomic E-state index is 0.281. The molecule has 0 aliphatic rings. The monoisotopic (exact) mass is 314 g/mol. The van der Waals surface area contributed by atoms with Crippen molar-refractivity contribution in [2.75, 3.05) is 12.4 Å². The lowest BCUT2D eigenvalue weighted by Crippen LogP contribution is -2.18. The van der Waals surface area contributed by atoms with E-state index in [-0.39, 0.29) is 5.97 Å². The Morgan fingerprint density at radius 1 is 1.29 bits per heavy atom. The van der Waals surface area contributed by atoms with Crippen molar-refractivity contribution in [3.8, 4) is 0 Å². The van der Waals surface area contributed by atoms with Gasteiger partial charge in [0.2, 0.25) is 5.89 Å².